The van der Waals surface area contributed by atoms with Gasteiger partial charge in [-0.1, -0.05) is 11.8 Å². The van der Waals surface area contributed by atoms with Crippen molar-refractivity contribution in [3.63, 3.8) is 0 Å². The van der Waals surface area contributed by atoms with Crippen molar-refractivity contribution in [1.29, 1.82) is 0 Å². The van der Waals surface area contributed by atoms with Crippen LogP contribution in [0.15, 0.2) is 46.2 Å². The van der Waals surface area contributed by atoms with Gasteiger partial charge in [0.25, 0.3) is 11.6 Å². The molecular weight excluding hydrogens is 386 g/mol. The lowest BCUT2D eigenvalue weighted by Gasteiger charge is -2.12. The first-order valence-corrected chi connectivity index (χ1v) is 8.65. The maximum absolute atomic E-state index is 11.7. The maximum atomic E-state index is 11.7. The van der Waals surface area contributed by atoms with E-state index in [4.69, 9.17) is 15.2 Å². The van der Waals surface area contributed by atoms with E-state index in [0.717, 1.165) is 0 Å². The number of amides is 1. The Kier molecular flexibility index (Phi) is 5.45. The van der Waals surface area contributed by atoms with Crippen LogP contribution >= 0.6 is 11.8 Å². The number of hydrogen-bond acceptors (Lipinski definition) is 8. The minimum Gasteiger partial charge on any atom is -0.497 e. The van der Waals surface area contributed by atoms with Crippen molar-refractivity contribution in [3.05, 3.63) is 52.2 Å². The number of hydrogen-bond donors (Lipinski definition) is 2. The van der Waals surface area contributed by atoms with Crippen LogP contribution in [0.3, 0.4) is 0 Å². The highest BCUT2D eigenvalue weighted by Crippen LogP contribution is 2.42. The lowest BCUT2D eigenvalue weighted by molar-refractivity contribution is -0.384. The first-order chi connectivity index (χ1) is 13.4. The van der Waals surface area contributed by atoms with E-state index in [1.54, 1.807) is 31.4 Å². The third-order valence-corrected chi connectivity index (χ3v) is 4.92. The highest BCUT2D eigenvalue weighted by molar-refractivity contribution is 7.99. The van der Waals surface area contributed by atoms with E-state index in [9.17, 15) is 14.9 Å². The molecule has 0 unspecified atom stereocenters. The number of nitrogens with two attached hydrogens (primary N) is 1. The fraction of sp³-hybridized carbons (Fsp3) is 0.118. The van der Waals surface area contributed by atoms with Gasteiger partial charge >= 0.3 is 0 Å². The SMILES string of the molecule is COc1ccc(OC)c(Sc2ccc([N+](=O)[O-])cc2-c2n[nH]nc2C(N)=O)c1. The second kappa shape index (κ2) is 7.96. The van der Waals surface area contributed by atoms with Crippen LogP contribution in [0.25, 0.3) is 11.3 Å². The van der Waals surface area contributed by atoms with Gasteiger partial charge in [-0.05, 0) is 24.3 Å². The highest BCUT2D eigenvalue weighted by atomic mass is 32.2. The van der Waals surface area contributed by atoms with Crippen LogP contribution in [0, 0.1) is 10.1 Å². The van der Waals surface area contributed by atoms with E-state index >= 15 is 0 Å². The van der Waals surface area contributed by atoms with Gasteiger partial charge in [-0.15, -0.1) is 0 Å². The van der Waals surface area contributed by atoms with Crippen molar-refractivity contribution in [2.45, 2.75) is 9.79 Å². The molecule has 2 aromatic carbocycles. The Hall–Kier alpha value is -3.60. The van der Waals surface area contributed by atoms with Gasteiger partial charge in [0.1, 0.15) is 17.2 Å². The number of ether oxygens (including phenoxy) is 2. The molecule has 0 aliphatic rings. The first-order valence-electron chi connectivity index (χ1n) is 7.84. The number of nitro benzene ring substituents is 1. The largest absolute Gasteiger partial charge is 0.497 e. The van der Waals surface area contributed by atoms with Crippen LogP contribution in [-0.2, 0) is 0 Å². The number of nitro groups is 1. The fourth-order valence-corrected chi connectivity index (χ4v) is 3.54. The number of benzene rings is 2. The number of aromatic amines is 1. The van der Waals surface area contributed by atoms with Crippen LogP contribution in [-0.4, -0.2) is 40.5 Å². The van der Waals surface area contributed by atoms with Gasteiger partial charge in [0.05, 0.1) is 24.0 Å². The number of rotatable bonds is 7. The van der Waals surface area contributed by atoms with E-state index in [0.29, 0.717) is 26.9 Å². The fourth-order valence-electron chi connectivity index (χ4n) is 2.48. The molecule has 11 heteroatoms. The first kappa shape index (κ1) is 19.2. The lowest BCUT2D eigenvalue weighted by atomic mass is 10.1. The summed E-state index contributed by atoms with van der Waals surface area (Å²) in [6.45, 7) is 0. The molecule has 3 N–H and O–H groups in total. The Balaban J connectivity index is 2.15. The van der Waals surface area contributed by atoms with E-state index in [-0.39, 0.29) is 17.1 Å². The Bertz CT molecular complexity index is 1050. The Morgan fingerprint density at radius 2 is 1.93 bits per heavy atom. The van der Waals surface area contributed by atoms with Crippen molar-refractivity contribution >= 4 is 23.4 Å². The van der Waals surface area contributed by atoms with Crippen molar-refractivity contribution in [1.82, 2.24) is 15.4 Å². The van der Waals surface area contributed by atoms with Gasteiger partial charge < -0.3 is 15.2 Å². The van der Waals surface area contributed by atoms with Crippen molar-refractivity contribution < 1.29 is 19.2 Å². The minimum atomic E-state index is -0.801. The van der Waals surface area contributed by atoms with Crippen LogP contribution in [0.1, 0.15) is 10.5 Å². The molecule has 0 saturated carbocycles. The van der Waals surface area contributed by atoms with Crippen LogP contribution < -0.4 is 15.2 Å². The van der Waals surface area contributed by atoms with E-state index < -0.39 is 10.8 Å². The number of carbonyl (C=O) groups excluding carboxylic acids is 1. The number of H-pyrrole nitrogens is 1. The van der Waals surface area contributed by atoms with Crippen molar-refractivity contribution in [2.24, 2.45) is 5.73 Å². The summed E-state index contributed by atoms with van der Waals surface area (Å²) >= 11 is 1.27. The highest BCUT2D eigenvalue weighted by Gasteiger charge is 2.22. The van der Waals surface area contributed by atoms with Gasteiger partial charge in [0, 0.05) is 22.6 Å². The summed E-state index contributed by atoms with van der Waals surface area (Å²) in [6.07, 6.45) is 0. The molecule has 0 bridgehead atoms. The predicted molar refractivity (Wildman–Crippen MR) is 101 cm³/mol. The molecule has 3 aromatic rings. The number of methoxy groups -OCH3 is 2. The summed E-state index contributed by atoms with van der Waals surface area (Å²) in [7, 11) is 3.08. The molecule has 0 radical (unpaired) electrons. The maximum Gasteiger partial charge on any atom is 0.271 e. The zero-order chi connectivity index (χ0) is 20.3. The third kappa shape index (κ3) is 3.74. The molecule has 0 spiro atoms. The van der Waals surface area contributed by atoms with Crippen LogP contribution in [0.2, 0.25) is 0 Å². The second-order valence-electron chi connectivity index (χ2n) is 5.44. The lowest BCUT2D eigenvalue weighted by Crippen LogP contribution is -2.13. The number of aromatic nitrogens is 3. The van der Waals surface area contributed by atoms with Gasteiger partial charge in [-0.25, -0.2) is 0 Å². The number of nitrogens with one attached hydrogen (secondary N) is 1. The van der Waals surface area contributed by atoms with Gasteiger partial charge in [-0.3, -0.25) is 14.9 Å². The van der Waals surface area contributed by atoms with Crippen molar-refractivity contribution in [2.75, 3.05) is 14.2 Å². The molecule has 1 aromatic heterocycles. The summed E-state index contributed by atoms with van der Waals surface area (Å²) < 4.78 is 10.6. The number of nitrogens with zero attached hydrogens (tertiary/aromatic N) is 3. The molecule has 0 aliphatic heterocycles. The van der Waals surface area contributed by atoms with Gasteiger partial charge in [0.2, 0.25) is 0 Å². The molecule has 0 saturated heterocycles. The molecule has 0 aliphatic carbocycles. The molecular formula is C17H15N5O5S. The van der Waals surface area contributed by atoms with Crippen LogP contribution in [0.5, 0.6) is 11.5 Å². The third-order valence-electron chi connectivity index (χ3n) is 3.80. The van der Waals surface area contributed by atoms with E-state index in [1.807, 2.05) is 0 Å². The topological polar surface area (TPSA) is 146 Å². The summed E-state index contributed by atoms with van der Waals surface area (Å²) in [5.41, 5.74) is 5.54. The summed E-state index contributed by atoms with van der Waals surface area (Å²) in [4.78, 5) is 23.6. The molecule has 1 heterocycles. The quantitative estimate of drug-likeness (QED) is 0.454. The smallest absolute Gasteiger partial charge is 0.271 e. The van der Waals surface area contributed by atoms with E-state index in [2.05, 4.69) is 15.4 Å². The Labute approximate surface area is 163 Å². The standard InChI is InChI=1S/C17H15N5O5S/c1-26-10-4-5-12(27-2)14(8-10)28-13-6-3-9(22(24)25)7-11(13)15-16(17(18)23)20-21-19-15/h3-8H,1-2H3,(H2,18,23)(H,19,20,21). The summed E-state index contributed by atoms with van der Waals surface area (Å²) in [5, 5.41) is 21.3. The second-order valence-corrected chi connectivity index (χ2v) is 6.53. The molecule has 1 amide bonds. The molecule has 28 heavy (non-hydrogen) atoms. The molecule has 0 atom stereocenters. The predicted octanol–water partition coefficient (Wildman–Crippen LogP) is 2.65. The molecule has 3 rings (SSSR count). The number of carbonyl (C=O) groups is 1. The van der Waals surface area contributed by atoms with Gasteiger partial charge in [-0.2, -0.15) is 15.4 Å². The molecule has 10 nitrogen and oxygen atoms in total. The zero-order valence-corrected chi connectivity index (χ0v) is 15.6. The molecule has 144 valence electrons. The monoisotopic (exact) mass is 401 g/mol. The van der Waals surface area contributed by atoms with Crippen LogP contribution in [0.4, 0.5) is 5.69 Å². The number of non-ortho nitro benzene ring substituents is 1. The average Bonchev–Trinajstić information content (AvgIpc) is 3.18. The Morgan fingerprint density at radius 3 is 2.57 bits per heavy atom. The minimum absolute atomic E-state index is 0.111. The zero-order valence-electron chi connectivity index (χ0n) is 14.8. The van der Waals surface area contributed by atoms with E-state index in [1.165, 1.54) is 31.0 Å². The van der Waals surface area contributed by atoms with Gasteiger partial charge in [0.15, 0.2) is 5.69 Å². The normalized spacial score (nSPS) is 10.5. The summed E-state index contributed by atoms with van der Waals surface area (Å²) in [5.74, 6) is 0.404. The number of primary amides is 1. The summed E-state index contributed by atoms with van der Waals surface area (Å²) in [6, 6.07) is 9.52. The molecule has 0 fully saturated rings. The Morgan fingerprint density at radius 1 is 1.14 bits per heavy atom. The average molecular weight is 401 g/mol. The van der Waals surface area contributed by atoms with Crippen molar-refractivity contribution in [3.8, 4) is 22.8 Å².